The van der Waals surface area contributed by atoms with Crippen LogP contribution in [0, 0.1) is 0 Å². The maximum Gasteiger partial charge on any atom is 0.419 e. The number of amides is 1. The number of aryl methyl sites for hydroxylation is 2. The van der Waals surface area contributed by atoms with Gasteiger partial charge in [0.25, 0.3) is 0 Å². The second-order valence-electron chi connectivity index (χ2n) is 11.7. The third kappa shape index (κ3) is 7.35. The van der Waals surface area contributed by atoms with Crippen molar-refractivity contribution < 1.29 is 29.3 Å². The monoisotopic (exact) mass is 664 g/mol. The Morgan fingerprint density at radius 1 is 1.00 bits per heavy atom. The molecule has 252 valence electrons. The zero-order valence-electron chi connectivity index (χ0n) is 26.7. The maximum atomic E-state index is 12.8. The second-order valence-corrected chi connectivity index (χ2v) is 11.7. The molecule has 6 N–H and O–H groups in total. The summed E-state index contributed by atoms with van der Waals surface area (Å²) in [5.41, 5.74) is 5.41. The number of aliphatic hydroxyl groups excluding tert-OH is 1. The fourth-order valence-corrected chi connectivity index (χ4v) is 6.11. The number of rotatable bonds is 13. The molecule has 0 bridgehead atoms. The Labute approximate surface area is 280 Å². The largest absolute Gasteiger partial charge is 0.506 e. The third-order valence-corrected chi connectivity index (χ3v) is 8.50. The van der Waals surface area contributed by atoms with Crippen LogP contribution in [-0.4, -0.2) is 44.6 Å². The molecule has 12 heteroatoms. The Balaban J connectivity index is 1.10. The van der Waals surface area contributed by atoms with Gasteiger partial charge in [-0.05, 0) is 60.2 Å². The number of carbonyl (C=O) groups is 1. The van der Waals surface area contributed by atoms with E-state index in [0.717, 1.165) is 28.7 Å². The molecule has 0 aliphatic carbocycles. The summed E-state index contributed by atoms with van der Waals surface area (Å²) in [6.07, 6.45) is 0.0560. The number of oxazole rings is 1. The Morgan fingerprint density at radius 2 is 1.82 bits per heavy atom. The Bertz CT molecular complexity index is 2240. The molecule has 6 aromatic rings. The van der Waals surface area contributed by atoms with Gasteiger partial charge in [-0.25, -0.2) is 9.59 Å². The topological polar surface area (TPSA) is 179 Å². The van der Waals surface area contributed by atoms with Crippen molar-refractivity contribution in [1.29, 1.82) is 0 Å². The number of anilines is 1. The van der Waals surface area contributed by atoms with Crippen LogP contribution in [0.15, 0.2) is 98.9 Å². The second kappa shape index (κ2) is 14.5. The van der Waals surface area contributed by atoms with Crippen LogP contribution in [0.3, 0.4) is 0 Å². The molecule has 4 aromatic carbocycles. The van der Waals surface area contributed by atoms with Crippen LogP contribution >= 0.6 is 0 Å². The molecule has 2 aromatic heterocycles. The summed E-state index contributed by atoms with van der Waals surface area (Å²) >= 11 is 0. The number of unbranched alkanes of at least 4 members (excludes halogenated alkanes) is 1. The molecular formula is C37H36N4O8. The number of fused-ring (bicyclic) bond motifs is 2. The van der Waals surface area contributed by atoms with E-state index in [2.05, 4.69) is 15.6 Å². The van der Waals surface area contributed by atoms with Crippen molar-refractivity contribution in [2.75, 3.05) is 19.0 Å². The van der Waals surface area contributed by atoms with Crippen LogP contribution in [-0.2, 0) is 19.5 Å². The first-order valence-electron chi connectivity index (χ1n) is 15.8. The smallest absolute Gasteiger partial charge is 0.419 e. The number of hydrogen-bond acceptors (Lipinski definition) is 8. The lowest BCUT2D eigenvalue weighted by Gasteiger charge is -2.16. The molecule has 0 fully saturated rings. The van der Waals surface area contributed by atoms with Gasteiger partial charge in [0.05, 0.1) is 29.9 Å². The molecule has 1 amide bonds. The van der Waals surface area contributed by atoms with Gasteiger partial charge in [-0.3, -0.25) is 14.7 Å². The van der Waals surface area contributed by atoms with Gasteiger partial charge in [-0.15, -0.1) is 0 Å². The number of aromatic hydroxyl groups is 1. The zero-order chi connectivity index (χ0) is 34.5. The highest BCUT2D eigenvalue weighted by Crippen LogP contribution is 2.31. The average molecular weight is 665 g/mol. The summed E-state index contributed by atoms with van der Waals surface area (Å²) in [4.78, 5) is 38.6. The SMILES string of the molecule is COc1cc2c(cc1CNC[C@@H](O)c1ccc(O)c3[nH]c(=O)ccc13)oc(=O)n2CCCCc1ccc(-c2ccccc2)c(NC(=O)O)c1. The number of hydrogen-bond donors (Lipinski definition) is 6. The highest BCUT2D eigenvalue weighted by Gasteiger charge is 2.17. The number of phenols is 1. The summed E-state index contributed by atoms with van der Waals surface area (Å²) in [6.45, 7) is 0.890. The molecule has 0 spiro atoms. The number of pyridine rings is 1. The standard InChI is InChI=1S/C37H36N4O8/c1-48-32-19-29-33(18-24(32)20-38-21-31(43)26-12-14-30(42)35-27(26)13-15-34(44)40-35)49-37(47)41(29)16-6-5-7-22-10-11-25(23-8-3-2-4-9-23)28(17-22)39-36(45)46/h2-4,8-15,17-19,31,38-39,42-43H,5-7,16,20-21H2,1H3,(H,40,44)(H,45,46)/t31-/m1/s1. The van der Waals surface area contributed by atoms with Gasteiger partial charge < -0.3 is 34.8 Å². The van der Waals surface area contributed by atoms with Crippen LogP contribution in [0.4, 0.5) is 10.5 Å². The van der Waals surface area contributed by atoms with Crippen molar-refractivity contribution in [2.45, 2.75) is 38.5 Å². The molecule has 6 rings (SSSR count). The van der Waals surface area contributed by atoms with Crippen molar-refractivity contribution in [3.63, 3.8) is 0 Å². The average Bonchev–Trinajstić information content (AvgIpc) is 3.40. The van der Waals surface area contributed by atoms with E-state index in [0.29, 0.717) is 59.4 Å². The Morgan fingerprint density at radius 3 is 2.59 bits per heavy atom. The van der Waals surface area contributed by atoms with E-state index >= 15 is 0 Å². The molecule has 0 radical (unpaired) electrons. The highest BCUT2D eigenvalue weighted by molar-refractivity contribution is 5.91. The van der Waals surface area contributed by atoms with E-state index in [1.165, 1.54) is 12.1 Å². The number of H-pyrrole nitrogens is 1. The molecular weight excluding hydrogens is 628 g/mol. The minimum Gasteiger partial charge on any atom is -0.506 e. The third-order valence-electron chi connectivity index (χ3n) is 8.50. The summed E-state index contributed by atoms with van der Waals surface area (Å²) in [5, 5.41) is 36.7. The van der Waals surface area contributed by atoms with Crippen molar-refractivity contribution >= 4 is 33.8 Å². The van der Waals surface area contributed by atoms with E-state index < -0.39 is 18.0 Å². The van der Waals surface area contributed by atoms with Crippen LogP contribution < -0.4 is 26.7 Å². The van der Waals surface area contributed by atoms with Gasteiger partial charge >= 0.3 is 11.8 Å². The molecule has 0 saturated carbocycles. The van der Waals surface area contributed by atoms with Gasteiger partial charge in [0, 0.05) is 48.3 Å². The van der Waals surface area contributed by atoms with E-state index in [9.17, 15) is 29.7 Å². The number of ether oxygens (including phenoxy) is 1. The predicted octanol–water partition coefficient (Wildman–Crippen LogP) is 5.75. The lowest BCUT2D eigenvalue weighted by atomic mass is 9.99. The molecule has 0 unspecified atom stereocenters. The van der Waals surface area contributed by atoms with E-state index in [-0.39, 0.29) is 23.4 Å². The molecule has 49 heavy (non-hydrogen) atoms. The normalized spacial score (nSPS) is 12.0. The number of methoxy groups -OCH3 is 1. The number of benzene rings is 4. The first kappa shape index (κ1) is 33.1. The fraction of sp³-hybridized carbons (Fsp3) is 0.216. The lowest BCUT2D eigenvalue weighted by molar-refractivity contribution is 0.175. The number of nitrogens with zero attached hydrogens (tertiary/aromatic N) is 1. The number of aromatic nitrogens is 2. The zero-order valence-corrected chi connectivity index (χ0v) is 26.7. The number of aromatic amines is 1. The lowest BCUT2D eigenvalue weighted by Crippen LogP contribution is -2.21. The number of aliphatic hydroxyl groups is 1. The minimum atomic E-state index is -1.13. The van der Waals surface area contributed by atoms with E-state index in [4.69, 9.17) is 9.15 Å². The van der Waals surface area contributed by atoms with Gasteiger partial charge in [-0.1, -0.05) is 48.5 Å². The van der Waals surface area contributed by atoms with Gasteiger partial charge in [0.2, 0.25) is 5.56 Å². The van der Waals surface area contributed by atoms with Gasteiger partial charge in [0.15, 0.2) is 5.58 Å². The molecule has 12 nitrogen and oxygen atoms in total. The van der Waals surface area contributed by atoms with Crippen molar-refractivity contribution in [3.05, 3.63) is 123 Å². The van der Waals surface area contributed by atoms with Crippen LogP contribution in [0.5, 0.6) is 11.5 Å². The van der Waals surface area contributed by atoms with Gasteiger partial charge in [0.1, 0.15) is 11.5 Å². The number of nitrogens with one attached hydrogen (secondary N) is 3. The van der Waals surface area contributed by atoms with Crippen molar-refractivity contribution in [1.82, 2.24) is 14.9 Å². The Hall–Kier alpha value is -5.85. The predicted molar refractivity (Wildman–Crippen MR) is 186 cm³/mol. The van der Waals surface area contributed by atoms with Crippen molar-refractivity contribution in [2.24, 2.45) is 0 Å². The fourth-order valence-electron chi connectivity index (χ4n) is 6.11. The molecule has 0 aliphatic rings. The van der Waals surface area contributed by atoms with E-state index in [1.807, 2.05) is 48.5 Å². The summed E-state index contributed by atoms with van der Waals surface area (Å²) in [6, 6.07) is 24.8. The maximum absolute atomic E-state index is 12.8. The van der Waals surface area contributed by atoms with Crippen LogP contribution in [0.25, 0.3) is 33.1 Å². The quantitative estimate of drug-likeness (QED) is 0.0838. The van der Waals surface area contributed by atoms with Crippen LogP contribution in [0.2, 0.25) is 0 Å². The van der Waals surface area contributed by atoms with Crippen LogP contribution in [0.1, 0.15) is 35.6 Å². The minimum absolute atomic E-state index is 0.0824. The van der Waals surface area contributed by atoms with Crippen molar-refractivity contribution in [3.8, 4) is 22.6 Å². The van der Waals surface area contributed by atoms with E-state index in [1.54, 1.807) is 35.9 Å². The highest BCUT2D eigenvalue weighted by atomic mass is 16.5. The Kier molecular flexibility index (Phi) is 9.79. The molecule has 0 aliphatic heterocycles. The van der Waals surface area contributed by atoms with Gasteiger partial charge in [-0.2, -0.15) is 0 Å². The number of carboxylic acid groups (broad SMARTS) is 1. The summed E-state index contributed by atoms with van der Waals surface area (Å²) in [5.74, 6) is -0.00955. The summed E-state index contributed by atoms with van der Waals surface area (Å²) < 4.78 is 12.8. The first-order chi connectivity index (χ1) is 23.7. The molecule has 1 atom stereocenters. The summed E-state index contributed by atoms with van der Waals surface area (Å²) in [7, 11) is 1.54. The molecule has 2 heterocycles. The number of phenolic OH excluding ortho intramolecular Hbond substituents is 1. The first-order valence-corrected chi connectivity index (χ1v) is 15.8. The molecule has 0 saturated heterocycles.